The maximum absolute atomic E-state index is 10.9. The third-order valence-corrected chi connectivity index (χ3v) is 2.94. The van der Waals surface area contributed by atoms with E-state index in [1.165, 1.54) is 12.1 Å². The van der Waals surface area contributed by atoms with Gasteiger partial charge in [-0.2, -0.15) is 0 Å². The van der Waals surface area contributed by atoms with Crippen LogP contribution in [0.25, 0.3) is 0 Å². The van der Waals surface area contributed by atoms with Gasteiger partial charge < -0.3 is 11.1 Å². The van der Waals surface area contributed by atoms with E-state index in [1.807, 2.05) is 13.8 Å². The van der Waals surface area contributed by atoms with Gasteiger partial charge in [0.15, 0.2) is 0 Å². The van der Waals surface area contributed by atoms with Gasteiger partial charge in [0.2, 0.25) is 0 Å². The molecule has 5 nitrogen and oxygen atoms in total. The highest BCUT2D eigenvalue weighted by atomic mass is 35.5. The molecular weight excluding hydrogens is 265 g/mol. The predicted octanol–water partition coefficient (Wildman–Crippen LogP) is 3.05. The SMILES string of the molecule is CC(C)(CN)Nc1cc(Cl)c(Cl)cc1[N+](=O)[O-]. The average Bonchev–Trinajstić information content (AvgIpc) is 2.22. The maximum Gasteiger partial charge on any atom is 0.293 e. The standard InChI is InChI=1S/C10H13Cl2N3O2/c1-10(2,5-13)14-8-3-6(11)7(12)4-9(8)15(16)17/h3-4,14H,5,13H2,1-2H3. The first kappa shape index (κ1) is 14.0. The summed E-state index contributed by atoms with van der Waals surface area (Å²) in [4.78, 5) is 10.4. The molecule has 0 aliphatic heterocycles. The Morgan fingerprint density at radius 2 is 1.94 bits per heavy atom. The molecule has 17 heavy (non-hydrogen) atoms. The minimum atomic E-state index is -0.517. The molecule has 94 valence electrons. The number of hydrogen-bond donors (Lipinski definition) is 2. The Hall–Kier alpha value is -1.04. The first-order valence-corrected chi connectivity index (χ1v) is 5.64. The molecule has 0 aromatic heterocycles. The molecule has 7 heteroatoms. The number of benzene rings is 1. The summed E-state index contributed by atoms with van der Waals surface area (Å²) in [6.07, 6.45) is 0. The number of rotatable bonds is 4. The highest BCUT2D eigenvalue weighted by Gasteiger charge is 2.22. The Morgan fingerprint density at radius 3 is 2.41 bits per heavy atom. The van der Waals surface area contributed by atoms with Gasteiger partial charge in [-0.05, 0) is 19.9 Å². The lowest BCUT2D eigenvalue weighted by atomic mass is 10.1. The van der Waals surface area contributed by atoms with Gasteiger partial charge in [-0.25, -0.2) is 0 Å². The number of nitro benzene ring substituents is 1. The second-order valence-electron chi connectivity index (χ2n) is 4.25. The summed E-state index contributed by atoms with van der Waals surface area (Å²) in [6, 6.07) is 2.65. The lowest BCUT2D eigenvalue weighted by Gasteiger charge is -2.25. The van der Waals surface area contributed by atoms with Crippen molar-refractivity contribution in [2.45, 2.75) is 19.4 Å². The molecule has 0 bridgehead atoms. The summed E-state index contributed by atoms with van der Waals surface area (Å²) < 4.78 is 0. The quantitative estimate of drug-likeness (QED) is 0.655. The topological polar surface area (TPSA) is 81.2 Å². The van der Waals surface area contributed by atoms with Crippen molar-refractivity contribution >= 4 is 34.6 Å². The zero-order valence-electron chi connectivity index (χ0n) is 9.46. The van der Waals surface area contributed by atoms with Crippen molar-refractivity contribution < 1.29 is 4.92 Å². The Balaban J connectivity index is 3.22. The van der Waals surface area contributed by atoms with Gasteiger partial charge in [-0.15, -0.1) is 0 Å². The molecule has 0 atom stereocenters. The minimum absolute atomic E-state index is 0.124. The van der Waals surface area contributed by atoms with E-state index < -0.39 is 10.5 Å². The van der Waals surface area contributed by atoms with E-state index in [-0.39, 0.29) is 15.7 Å². The van der Waals surface area contributed by atoms with Crippen molar-refractivity contribution in [3.8, 4) is 0 Å². The van der Waals surface area contributed by atoms with Crippen LogP contribution in [-0.2, 0) is 0 Å². The van der Waals surface area contributed by atoms with Crippen molar-refractivity contribution in [3.63, 3.8) is 0 Å². The van der Waals surface area contributed by atoms with E-state index in [9.17, 15) is 10.1 Å². The lowest BCUT2D eigenvalue weighted by molar-refractivity contribution is -0.384. The van der Waals surface area contributed by atoms with Crippen molar-refractivity contribution in [3.05, 3.63) is 32.3 Å². The molecule has 3 N–H and O–H groups in total. The summed E-state index contributed by atoms with van der Waals surface area (Å²) in [6.45, 7) is 3.99. The average molecular weight is 278 g/mol. The third kappa shape index (κ3) is 3.46. The van der Waals surface area contributed by atoms with Crippen molar-refractivity contribution in [2.24, 2.45) is 5.73 Å². The van der Waals surface area contributed by atoms with E-state index in [4.69, 9.17) is 28.9 Å². The Kier molecular flexibility index (Phi) is 4.19. The van der Waals surface area contributed by atoms with Gasteiger partial charge in [0.25, 0.3) is 5.69 Å². The van der Waals surface area contributed by atoms with E-state index in [0.717, 1.165) is 0 Å². The number of anilines is 1. The van der Waals surface area contributed by atoms with Gasteiger partial charge in [-0.1, -0.05) is 23.2 Å². The Morgan fingerprint density at radius 1 is 1.41 bits per heavy atom. The Labute approximate surface area is 109 Å². The first-order valence-electron chi connectivity index (χ1n) is 4.88. The molecule has 0 aliphatic carbocycles. The summed E-state index contributed by atoms with van der Waals surface area (Å²) in [5.41, 5.74) is 5.27. The summed E-state index contributed by atoms with van der Waals surface area (Å²) in [5.74, 6) is 0. The van der Waals surface area contributed by atoms with Crippen LogP contribution in [0.2, 0.25) is 10.0 Å². The zero-order valence-corrected chi connectivity index (χ0v) is 11.0. The molecule has 0 unspecified atom stereocenters. The summed E-state index contributed by atoms with van der Waals surface area (Å²) >= 11 is 11.6. The summed E-state index contributed by atoms with van der Waals surface area (Å²) in [5, 5.41) is 14.3. The zero-order chi connectivity index (χ0) is 13.2. The highest BCUT2D eigenvalue weighted by molar-refractivity contribution is 6.42. The van der Waals surface area contributed by atoms with Crippen LogP contribution >= 0.6 is 23.2 Å². The molecule has 0 aliphatic rings. The van der Waals surface area contributed by atoms with Crippen LogP contribution in [0.3, 0.4) is 0 Å². The lowest BCUT2D eigenvalue weighted by Crippen LogP contribution is -2.39. The molecule has 0 saturated carbocycles. The van der Waals surface area contributed by atoms with Gasteiger partial charge in [0, 0.05) is 18.2 Å². The number of nitrogens with zero attached hydrogens (tertiary/aromatic N) is 1. The maximum atomic E-state index is 10.9. The predicted molar refractivity (Wildman–Crippen MR) is 69.9 cm³/mol. The monoisotopic (exact) mass is 277 g/mol. The number of nitro groups is 1. The molecule has 0 spiro atoms. The molecule has 0 saturated heterocycles. The van der Waals surface area contributed by atoms with Crippen LogP contribution in [-0.4, -0.2) is 17.0 Å². The van der Waals surface area contributed by atoms with Crippen molar-refractivity contribution in [2.75, 3.05) is 11.9 Å². The van der Waals surface area contributed by atoms with E-state index in [1.54, 1.807) is 0 Å². The molecule has 1 aromatic carbocycles. The van der Waals surface area contributed by atoms with Crippen LogP contribution in [0.5, 0.6) is 0 Å². The van der Waals surface area contributed by atoms with Gasteiger partial charge in [0.05, 0.1) is 15.0 Å². The van der Waals surface area contributed by atoms with Crippen molar-refractivity contribution in [1.82, 2.24) is 0 Å². The molecule has 0 radical (unpaired) electrons. The molecular formula is C10H13Cl2N3O2. The van der Waals surface area contributed by atoms with Crippen LogP contribution in [0.1, 0.15) is 13.8 Å². The number of hydrogen-bond acceptors (Lipinski definition) is 4. The number of nitrogens with one attached hydrogen (secondary N) is 1. The molecule has 0 fully saturated rings. The van der Waals surface area contributed by atoms with E-state index >= 15 is 0 Å². The Bertz CT molecular complexity index is 449. The fourth-order valence-corrected chi connectivity index (χ4v) is 1.52. The fourth-order valence-electron chi connectivity index (χ4n) is 1.20. The smallest absolute Gasteiger partial charge is 0.293 e. The summed E-state index contributed by atoms with van der Waals surface area (Å²) in [7, 11) is 0. The van der Waals surface area contributed by atoms with Crippen LogP contribution < -0.4 is 11.1 Å². The fraction of sp³-hybridized carbons (Fsp3) is 0.400. The van der Waals surface area contributed by atoms with Crippen molar-refractivity contribution in [1.29, 1.82) is 0 Å². The minimum Gasteiger partial charge on any atom is -0.373 e. The highest BCUT2D eigenvalue weighted by Crippen LogP contribution is 2.35. The number of nitrogens with two attached hydrogens (primary N) is 1. The molecule has 0 heterocycles. The second-order valence-corrected chi connectivity index (χ2v) is 5.07. The normalized spacial score (nSPS) is 11.4. The van der Waals surface area contributed by atoms with Crippen LogP contribution in [0, 0.1) is 10.1 Å². The van der Waals surface area contributed by atoms with Crippen LogP contribution in [0.4, 0.5) is 11.4 Å². The van der Waals surface area contributed by atoms with Gasteiger partial charge in [0.1, 0.15) is 5.69 Å². The van der Waals surface area contributed by atoms with E-state index in [0.29, 0.717) is 12.2 Å². The molecule has 0 amide bonds. The molecule has 1 aromatic rings. The van der Waals surface area contributed by atoms with Gasteiger partial charge in [-0.3, -0.25) is 10.1 Å². The van der Waals surface area contributed by atoms with Crippen LogP contribution in [0.15, 0.2) is 12.1 Å². The third-order valence-electron chi connectivity index (χ3n) is 2.22. The first-order chi connectivity index (χ1) is 7.76. The van der Waals surface area contributed by atoms with Gasteiger partial charge >= 0.3 is 0 Å². The largest absolute Gasteiger partial charge is 0.373 e. The van der Waals surface area contributed by atoms with E-state index in [2.05, 4.69) is 5.32 Å². The second kappa shape index (κ2) is 5.08. The number of halogens is 2. The molecule has 1 rings (SSSR count).